The van der Waals surface area contributed by atoms with E-state index in [1.54, 1.807) is 0 Å². The van der Waals surface area contributed by atoms with Crippen LogP contribution < -0.4 is 10.6 Å². The summed E-state index contributed by atoms with van der Waals surface area (Å²) < 4.78 is 0. The van der Waals surface area contributed by atoms with Gasteiger partial charge in [0.25, 0.3) is 0 Å². The summed E-state index contributed by atoms with van der Waals surface area (Å²) in [5.41, 5.74) is -0.100. The molecule has 2 fully saturated rings. The highest BCUT2D eigenvalue weighted by molar-refractivity contribution is 5.82. The van der Waals surface area contributed by atoms with Gasteiger partial charge in [-0.15, -0.1) is 0 Å². The summed E-state index contributed by atoms with van der Waals surface area (Å²) >= 11 is 0. The number of amides is 1. The summed E-state index contributed by atoms with van der Waals surface area (Å²) in [6.45, 7) is 6.15. The van der Waals surface area contributed by atoms with E-state index < -0.39 is 0 Å². The Kier molecular flexibility index (Phi) is 5.22. The van der Waals surface area contributed by atoms with Crippen molar-refractivity contribution < 1.29 is 4.79 Å². The first-order valence-electron chi connectivity index (χ1n) is 7.87. The topological polar surface area (TPSA) is 44.4 Å². The number of rotatable bonds is 5. The summed E-state index contributed by atoms with van der Waals surface area (Å²) in [6, 6.07) is 0.546. The first kappa shape index (κ1) is 14.8. The molecule has 2 rings (SSSR count). The Balaban J connectivity index is 1.88. The first-order chi connectivity index (χ1) is 9.18. The van der Waals surface area contributed by atoms with Gasteiger partial charge in [0.2, 0.25) is 5.91 Å². The Labute approximate surface area is 117 Å². The molecule has 2 aliphatic heterocycles. The van der Waals surface area contributed by atoms with E-state index >= 15 is 0 Å². The standard InChI is InChI=1S/C15H29N3O/c1-3-6-15(7-9-16-10-8-15)14(19)17-12-13-5-4-11-18(13)2/h13,16H,3-12H2,1-2H3,(H,17,19). The highest BCUT2D eigenvalue weighted by Gasteiger charge is 2.38. The third kappa shape index (κ3) is 3.48. The molecular weight excluding hydrogens is 238 g/mol. The second kappa shape index (κ2) is 6.71. The van der Waals surface area contributed by atoms with Crippen molar-refractivity contribution in [2.75, 3.05) is 33.2 Å². The lowest BCUT2D eigenvalue weighted by Gasteiger charge is -2.36. The van der Waals surface area contributed by atoms with Crippen LogP contribution in [0.5, 0.6) is 0 Å². The smallest absolute Gasteiger partial charge is 0.226 e. The Hall–Kier alpha value is -0.610. The van der Waals surface area contributed by atoms with E-state index in [-0.39, 0.29) is 5.41 Å². The molecular formula is C15H29N3O. The van der Waals surface area contributed by atoms with Gasteiger partial charge >= 0.3 is 0 Å². The molecule has 2 heterocycles. The molecule has 2 aliphatic rings. The van der Waals surface area contributed by atoms with E-state index in [1.165, 1.54) is 19.4 Å². The number of likely N-dealkylation sites (tertiary alicyclic amines) is 1. The molecule has 0 aromatic rings. The van der Waals surface area contributed by atoms with Crippen LogP contribution in [0.15, 0.2) is 0 Å². The van der Waals surface area contributed by atoms with Gasteiger partial charge in [0.1, 0.15) is 0 Å². The molecule has 0 bridgehead atoms. The zero-order valence-electron chi connectivity index (χ0n) is 12.5. The van der Waals surface area contributed by atoms with E-state index in [0.717, 1.165) is 45.3 Å². The molecule has 1 amide bonds. The van der Waals surface area contributed by atoms with Gasteiger partial charge in [0.05, 0.1) is 5.41 Å². The number of nitrogens with one attached hydrogen (secondary N) is 2. The van der Waals surface area contributed by atoms with Crippen molar-refractivity contribution in [3.8, 4) is 0 Å². The fraction of sp³-hybridized carbons (Fsp3) is 0.933. The van der Waals surface area contributed by atoms with Gasteiger partial charge in [0.15, 0.2) is 0 Å². The summed E-state index contributed by atoms with van der Waals surface area (Å²) in [6.07, 6.45) is 6.60. The summed E-state index contributed by atoms with van der Waals surface area (Å²) in [4.78, 5) is 15.0. The van der Waals surface area contributed by atoms with Crippen molar-refractivity contribution in [3.63, 3.8) is 0 Å². The van der Waals surface area contributed by atoms with Crippen LogP contribution in [-0.4, -0.2) is 50.1 Å². The van der Waals surface area contributed by atoms with E-state index in [2.05, 4.69) is 29.5 Å². The maximum absolute atomic E-state index is 12.6. The molecule has 0 spiro atoms. The van der Waals surface area contributed by atoms with Gasteiger partial charge in [0, 0.05) is 12.6 Å². The molecule has 0 aromatic heterocycles. The third-order valence-electron chi connectivity index (χ3n) is 4.94. The third-order valence-corrected chi connectivity index (χ3v) is 4.94. The predicted molar refractivity (Wildman–Crippen MR) is 78.1 cm³/mol. The van der Waals surface area contributed by atoms with Crippen LogP contribution in [0.4, 0.5) is 0 Å². The quantitative estimate of drug-likeness (QED) is 0.791. The van der Waals surface area contributed by atoms with Gasteiger partial charge in [-0.3, -0.25) is 4.79 Å². The average molecular weight is 267 g/mol. The molecule has 0 aromatic carbocycles. The van der Waals surface area contributed by atoms with Crippen LogP contribution in [0.3, 0.4) is 0 Å². The minimum absolute atomic E-state index is 0.100. The van der Waals surface area contributed by atoms with Crippen molar-refractivity contribution in [2.24, 2.45) is 5.41 Å². The van der Waals surface area contributed by atoms with Gasteiger partial charge < -0.3 is 15.5 Å². The number of likely N-dealkylation sites (N-methyl/N-ethyl adjacent to an activating group) is 1. The maximum Gasteiger partial charge on any atom is 0.226 e. The lowest BCUT2D eigenvalue weighted by atomic mass is 9.74. The van der Waals surface area contributed by atoms with Crippen molar-refractivity contribution in [1.82, 2.24) is 15.5 Å². The Morgan fingerprint density at radius 2 is 2.16 bits per heavy atom. The Morgan fingerprint density at radius 3 is 2.74 bits per heavy atom. The summed E-state index contributed by atoms with van der Waals surface area (Å²) in [7, 11) is 2.16. The van der Waals surface area contributed by atoms with Gasteiger partial charge in [-0.05, 0) is 58.8 Å². The van der Waals surface area contributed by atoms with Crippen LogP contribution in [-0.2, 0) is 4.79 Å². The number of carbonyl (C=O) groups is 1. The number of carbonyl (C=O) groups excluding carboxylic acids is 1. The molecule has 4 nitrogen and oxygen atoms in total. The van der Waals surface area contributed by atoms with Crippen molar-refractivity contribution in [3.05, 3.63) is 0 Å². The van der Waals surface area contributed by atoms with Crippen LogP contribution >= 0.6 is 0 Å². The molecule has 19 heavy (non-hydrogen) atoms. The second-order valence-corrected chi connectivity index (χ2v) is 6.27. The number of hydrogen-bond donors (Lipinski definition) is 2. The number of nitrogens with zero attached hydrogens (tertiary/aromatic N) is 1. The minimum Gasteiger partial charge on any atom is -0.354 e. The van der Waals surface area contributed by atoms with Crippen LogP contribution in [0.25, 0.3) is 0 Å². The van der Waals surface area contributed by atoms with Crippen molar-refractivity contribution in [2.45, 2.75) is 51.5 Å². The highest BCUT2D eigenvalue weighted by atomic mass is 16.2. The molecule has 1 atom stereocenters. The van der Waals surface area contributed by atoms with Crippen LogP contribution in [0.2, 0.25) is 0 Å². The fourth-order valence-corrected chi connectivity index (χ4v) is 3.61. The summed E-state index contributed by atoms with van der Waals surface area (Å²) in [5, 5.41) is 6.61. The molecule has 0 aliphatic carbocycles. The monoisotopic (exact) mass is 267 g/mol. The van der Waals surface area contributed by atoms with Crippen LogP contribution in [0.1, 0.15) is 45.4 Å². The number of piperidine rings is 1. The summed E-state index contributed by atoms with van der Waals surface area (Å²) in [5.74, 6) is 0.302. The fourth-order valence-electron chi connectivity index (χ4n) is 3.61. The Bertz CT molecular complexity index is 294. The zero-order valence-corrected chi connectivity index (χ0v) is 12.5. The van der Waals surface area contributed by atoms with E-state index in [0.29, 0.717) is 11.9 Å². The van der Waals surface area contributed by atoms with E-state index in [4.69, 9.17) is 0 Å². The molecule has 110 valence electrons. The normalized spacial score (nSPS) is 27.4. The Morgan fingerprint density at radius 1 is 1.42 bits per heavy atom. The van der Waals surface area contributed by atoms with E-state index in [1.807, 2.05) is 0 Å². The maximum atomic E-state index is 12.6. The lowest BCUT2D eigenvalue weighted by molar-refractivity contribution is -0.133. The van der Waals surface area contributed by atoms with Crippen LogP contribution in [0, 0.1) is 5.41 Å². The first-order valence-corrected chi connectivity index (χ1v) is 7.87. The number of hydrogen-bond acceptors (Lipinski definition) is 3. The average Bonchev–Trinajstić information content (AvgIpc) is 2.83. The molecule has 0 radical (unpaired) electrons. The molecule has 4 heteroatoms. The van der Waals surface area contributed by atoms with E-state index in [9.17, 15) is 4.79 Å². The minimum atomic E-state index is -0.100. The molecule has 2 N–H and O–H groups in total. The molecule has 2 saturated heterocycles. The molecule has 1 unspecified atom stereocenters. The predicted octanol–water partition coefficient (Wildman–Crippen LogP) is 1.37. The highest BCUT2D eigenvalue weighted by Crippen LogP contribution is 2.34. The lowest BCUT2D eigenvalue weighted by Crippen LogP contribution is -2.50. The SMILES string of the molecule is CCCC1(C(=O)NCC2CCCN2C)CCNCC1. The van der Waals surface area contributed by atoms with Gasteiger partial charge in [-0.2, -0.15) is 0 Å². The van der Waals surface area contributed by atoms with Gasteiger partial charge in [-0.1, -0.05) is 13.3 Å². The van der Waals surface area contributed by atoms with Crippen molar-refractivity contribution in [1.29, 1.82) is 0 Å². The second-order valence-electron chi connectivity index (χ2n) is 6.27. The molecule has 0 saturated carbocycles. The zero-order chi connectivity index (χ0) is 13.7. The van der Waals surface area contributed by atoms with Gasteiger partial charge in [-0.25, -0.2) is 0 Å². The largest absolute Gasteiger partial charge is 0.354 e. The van der Waals surface area contributed by atoms with Crippen molar-refractivity contribution >= 4 is 5.91 Å².